The van der Waals surface area contributed by atoms with Gasteiger partial charge < -0.3 is 20.0 Å². The molecule has 20 heavy (non-hydrogen) atoms. The van der Waals surface area contributed by atoms with Crippen molar-refractivity contribution in [3.63, 3.8) is 0 Å². The van der Waals surface area contributed by atoms with Gasteiger partial charge in [-0.15, -0.1) is 0 Å². The normalized spacial score (nSPS) is 33.9. The van der Waals surface area contributed by atoms with Crippen LogP contribution in [0.5, 0.6) is 0 Å². The summed E-state index contributed by atoms with van der Waals surface area (Å²) in [7, 11) is 0. The van der Waals surface area contributed by atoms with Crippen molar-refractivity contribution in [3.8, 4) is 0 Å². The van der Waals surface area contributed by atoms with Gasteiger partial charge in [-0.2, -0.15) is 0 Å². The molecule has 1 aliphatic carbocycles. The SMILES string of the molecule is O=C(O)[C@@H]1CC(O)CN1C(=O)C1CC(=O)N(C2CC2)C1. The Kier molecular flexibility index (Phi) is 3.16. The highest BCUT2D eigenvalue weighted by molar-refractivity contribution is 5.92. The third-order valence-electron chi connectivity index (χ3n) is 4.34. The number of carboxylic acid groups (broad SMARTS) is 1. The number of aliphatic carboxylic acids is 1. The number of β-amino-alcohol motifs (C(OH)–C–C–N with tert-alkyl or cyclic N) is 1. The third kappa shape index (κ3) is 2.26. The van der Waals surface area contributed by atoms with Crippen LogP contribution >= 0.6 is 0 Å². The number of aliphatic hydroxyl groups excluding tert-OH is 1. The van der Waals surface area contributed by atoms with Gasteiger partial charge >= 0.3 is 5.97 Å². The second-order valence-corrected chi connectivity index (χ2v) is 5.91. The monoisotopic (exact) mass is 282 g/mol. The van der Waals surface area contributed by atoms with E-state index < -0.39 is 24.0 Å². The van der Waals surface area contributed by atoms with Gasteiger partial charge in [0.1, 0.15) is 6.04 Å². The maximum Gasteiger partial charge on any atom is 0.326 e. The van der Waals surface area contributed by atoms with Crippen LogP contribution in [-0.2, 0) is 14.4 Å². The molecule has 2 aliphatic heterocycles. The maximum absolute atomic E-state index is 12.4. The lowest BCUT2D eigenvalue weighted by atomic mass is 10.1. The van der Waals surface area contributed by atoms with Gasteiger partial charge in [0.15, 0.2) is 0 Å². The van der Waals surface area contributed by atoms with Gasteiger partial charge in [0.2, 0.25) is 11.8 Å². The lowest BCUT2D eigenvalue weighted by Gasteiger charge is -2.24. The zero-order chi connectivity index (χ0) is 14.4. The van der Waals surface area contributed by atoms with Crippen molar-refractivity contribution in [1.29, 1.82) is 0 Å². The number of nitrogens with zero attached hydrogens (tertiary/aromatic N) is 2. The number of hydrogen-bond acceptors (Lipinski definition) is 4. The molecule has 0 aromatic carbocycles. The Morgan fingerprint density at radius 2 is 1.90 bits per heavy atom. The number of carboxylic acids is 1. The van der Waals surface area contributed by atoms with Crippen LogP contribution in [0.25, 0.3) is 0 Å². The quantitative estimate of drug-likeness (QED) is 0.695. The van der Waals surface area contributed by atoms with Gasteiger partial charge in [-0.3, -0.25) is 9.59 Å². The Morgan fingerprint density at radius 3 is 2.50 bits per heavy atom. The average Bonchev–Trinajstić information content (AvgIpc) is 3.04. The summed E-state index contributed by atoms with van der Waals surface area (Å²) in [6.45, 7) is 0.436. The molecule has 2 amide bonds. The van der Waals surface area contributed by atoms with Crippen LogP contribution in [0, 0.1) is 5.92 Å². The van der Waals surface area contributed by atoms with E-state index in [1.165, 1.54) is 4.90 Å². The first-order valence-corrected chi connectivity index (χ1v) is 6.98. The molecule has 3 aliphatic rings. The summed E-state index contributed by atoms with van der Waals surface area (Å²) in [6.07, 6.45) is 1.42. The average molecular weight is 282 g/mol. The smallest absolute Gasteiger partial charge is 0.326 e. The molecule has 0 aromatic rings. The van der Waals surface area contributed by atoms with Crippen molar-refractivity contribution < 1.29 is 24.6 Å². The Bertz CT molecular complexity index is 462. The van der Waals surface area contributed by atoms with E-state index in [1.807, 2.05) is 0 Å². The summed E-state index contributed by atoms with van der Waals surface area (Å²) >= 11 is 0. The topological polar surface area (TPSA) is 98.1 Å². The van der Waals surface area contributed by atoms with Crippen molar-refractivity contribution in [2.45, 2.75) is 43.9 Å². The maximum atomic E-state index is 12.4. The first-order chi connectivity index (χ1) is 9.47. The molecule has 7 nitrogen and oxygen atoms in total. The predicted molar refractivity (Wildman–Crippen MR) is 66.6 cm³/mol. The molecule has 2 saturated heterocycles. The third-order valence-corrected chi connectivity index (χ3v) is 4.34. The Balaban J connectivity index is 1.69. The Labute approximate surface area is 116 Å². The van der Waals surface area contributed by atoms with Crippen molar-refractivity contribution in [1.82, 2.24) is 9.80 Å². The minimum absolute atomic E-state index is 0.0162. The molecule has 3 fully saturated rings. The highest BCUT2D eigenvalue weighted by Gasteiger charge is 2.46. The Hall–Kier alpha value is -1.63. The van der Waals surface area contributed by atoms with E-state index in [2.05, 4.69) is 0 Å². The molecule has 0 spiro atoms. The molecular weight excluding hydrogens is 264 g/mol. The first kappa shape index (κ1) is 13.4. The summed E-state index contributed by atoms with van der Waals surface area (Å²) < 4.78 is 0. The molecule has 2 heterocycles. The van der Waals surface area contributed by atoms with E-state index in [-0.39, 0.29) is 37.2 Å². The summed E-state index contributed by atoms with van der Waals surface area (Å²) in [5.74, 6) is -1.89. The summed E-state index contributed by atoms with van der Waals surface area (Å²) in [4.78, 5) is 38.4. The van der Waals surface area contributed by atoms with Crippen molar-refractivity contribution in [3.05, 3.63) is 0 Å². The highest BCUT2D eigenvalue weighted by Crippen LogP contribution is 2.34. The minimum Gasteiger partial charge on any atom is -0.480 e. The van der Waals surface area contributed by atoms with Crippen molar-refractivity contribution in [2.75, 3.05) is 13.1 Å². The number of hydrogen-bond donors (Lipinski definition) is 2. The number of amides is 2. The molecule has 0 bridgehead atoms. The molecule has 7 heteroatoms. The lowest BCUT2D eigenvalue weighted by molar-refractivity contribution is -0.149. The van der Waals surface area contributed by atoms with E-state index >= 15 is 0 Å². The van der Waals surface area contributed by atoms with E-state index in [9.17, 15) is 19.5 Å². The number of likely N-dealkylation sites (tertiary alicyclic amines) is 2. The van der Waals surface area contributed by atoms with Gasteiger partial charge in [0, 0.05) is 32.0 Å². The van der Waals surface area contributed by atoms with E-state index in [4.69, 9.17) is 5.11 Å². The van der Waals surface area contributed by atoms with Crippen molar-refractivity contribution in [2.24, 2.45) is 5.92 Å². The van der Waals surface area contributed by atoms with Crippen LogP contribution < -0.4 is 0 Å². The summed E-state index contributed by atoms with van der Waals surface area (Å²) in [6, 6.07) is -0.692. The van der Waals surface area contributed by atoms with Crippen molar-refractivity contribution >= 4 is 17.8 Å². The molecule has 2 N–H and O–H groups in total. The number of rotatable bonds is 3. The second-order valence-electron chi connectivity index (χ2n) is 5.91. The molecule has 1 saturated carbocycles. The Morgan fingerprint density at radius 1 is 1.20 bits per heavy atom. The van der Waals surface area contributed by atoms with Crippen LogP contribution in [0.1, 0.15) is 25.7 Å². The zero-order valence-corrected chi connectivity index (χ0v) is 11.1. The first-order valence-electron chi connectivity index (χ1n) is 6.98. The molecular formula is C13H18N2O5. The van der Waals surface area contributed by atoms with Gasteiger partial charge in [0.05, 0.1) is 12.0 Å². The molecule has 3 rings (SSSR count). The van der Waals surface area contributed by atoms with Gasteiger partial charge in [-0.05, 0) is 12.8 Å². The second kappa shape index (κ2) is 4.73. The van der Waals surface area contributed by atoms with Crippen LogP contribution in [0.4, 0.5) is 0 Å². The zero-order valence-electron chi connectivity index (χ0n) is 11.1. The van der Waals surface area contributed by atoms with E-state index in [0.29, 0.717) is 6.54 Å². The van der Waals surface area contributed by atoms with Crippen LogP contribution in [0.15, 0.2) is 0 Å². The van der Waals surface area contributed by atoms with Gasteiger partial charge in [-0.25, -0.2) is 4.79 Å². The van der Waals surface area contributed by atoms with Gasteiger partial charge in [-0.1, -0.05) is 0 Å². The number of aliphatic hydroxyl groups is 1. The highest BCUT2D eigenvalue weighted by atomic mass is 16.4. The van der Waals surface area contributed by atoms with E-state index in [0.717, 1.165) is 12.8 Å². The minimum atomic E-state index is -1.10. The fourth-order valence-corrected chi connectivity index (χ4v) is 3.16. The molecule has 0 aromatic heterocycles. The number of carbonyl (C=O) groups excluding carboxylic acids is 2. The largest absolute Gasteiger partial charge is 0.480 e. The summed E-state index contributed by atoms with van der Waals surface area (Å²) in [5.41, 5.74) is 0. The summed E-state index contributed by atoms with van der Waals surface area (Å²) in [5, 5.41) is 18.7. The molecule has 0 radical (unpaired) electrons. The van der Waals surface area contributed by atoms with Gasteiger partial charge in [0.25, 0.3) is 0 Å². The fraction of sp³-hybridized carbons (Fsp3) is 0.769. The molecule has 2 unspecified atom stereocenters. The predicted octanol–water partition coefficient (Wildman–Crippen LogP) is -0.956. The van der Waals surface area contributed by atoms with E-state index in [1.54, 1.807) is 4.90 Å². The standard InChI is InChI=1S/C13H18N2O5/c16-9-4-10(13(19)20)15(6-9)12(18)7-3-11(17)14(5-7)8-1-2-8/h7-10,16H,1-6H2,(H,19,20)/t7?,9?,10-/m0/s1. The number of carbonyl (C=O) groups is 3. The van der Waals surface area contributed by atoms with Crippen LogP contribution in [0.2, 0.25) is 0 Å². The fourth-order valence-electron chi connectivity index (χ4n) is 3.16. The lowest BCUT2D eigenvalue weighted by Crippen LogP contribution is -2.44. The van der Waals surface area contributed by atoms with Crippen LogP contribution in [-0.4, -0.2) is 69.1 Å². The van der Waals surface area contributed by atoms with Crippen LogP contribution in [0.3, 0.4) is 0 Å². The molecule has 110 valence electrons. The molecule has 3 atom stereocenters.